The number of aliphatic hydroxyl groups is 2. The number of pyridine rings is 1. The van der Waals surface area contributed by atoms with Crippen LogP contribution in [-0.4, -0.2) is 88.8 Å². The molecule has 2 fully saturated rings. The second kappa shape index (κ2) is 10.2. The predicted octanol–water partition coefficient (Wildman–Crippen LogP) is 2.31. The third-order valence-corrected chi connectivity index (χ3v) is 8.46. The largest absolute Gasteiger partial charge is 0.459 e. The molecule has 3 aromatic rings. The second-order valence-electron chi connectivity index (χ2n) is 9.39. The molecule has 0 unspecified atom stereocenters. The third-order valence-electron chi connectivity index (χ3n) is 6.87. The van der Waals surface area contributed by atoms with E-state index in [0.717, 1.165) is 18.4 Å². The van der Waals surface area contributed by atoms with Crippen molar-refractivity contribution in [2.24, 2.45) is 0 Å². The summed E-state index contributed by atoms with van der Waals surface area (Å²) in [6.45, 7) is 1.06. The minimum Gasteiger partial charge on any atom is -0.459 e. The second-order valence-corrected chi connectivity index (χ2v) is 11.8. The molecule has 2 saturated heterocycles. The van der Waals surface area contributed by atoms with Crippen LogP contribution in [0.3, 0.4) is 0 Å². The topological polar surface area (TPSA) is 138 Å². The molecular formula is C24H29ClN4O6S. The number of benzene rings is 1. The molecule has 0 bridgehead atoms. The van der Waals surface area contributed by atoms with E-state index in [1.54, 1.807) is 6.07 Å². The standard InChI is InChI=1S/C24H29ClN4O6S/c1-36(32,33)29-8-6-15(7-9-29)14-2-4-16(5-3-14)22-18(25)11-19-23(27-22)28-24(26-19)35-17-10-20(31)21(12-30)34-13-17/h2-5,11,15,17,20-21,30-31H,6-10,12-13H2,1H3,(H,26,27,28)/t17-,20+,21-/m1/s1. The number of ether oxygens (including phenoxy) is 2. The van der Waals surface area contributed by atoms with Crippen molar-refractivity contribution in [2.45, 2.75) is 43.5 Å². The summed E-state index contributed by atoms with van der Waals surface area (Å²) in [6.07, 6.45) is 1.33. The summed E-state index contributed by atoms with van der Waals surface area (Å²) in [7, 11) is -3.14. The maximum absolute atomic E-state index is 11.8. The lowest BCUT2D eigenvalue weighted by Gasteiger charge is -2.31. The molecule has 10 nitrogen and oxygen atoms in total. The number of hydrogen-bond acceptors (Lipinski definition) is 8. The first-order chi connectivity index (χ1) is 17.2. The molecule has 2 aliphatic rings. The number of nitrogens with one attached hydrogen (secondary N) is 1. The van der Waals surface area contributed by atoms with Crippen LogP contribution in [0.2, 0.25) is 5.02 Å². The van der Waals surface area contributed by atoms with Gasteiger partial charge in [0.1, 0.15) is 12.2 Å². The van der Waals surface area contributed by atoms with Gasteiger partial charge in [0.05, 0.1) is 41.8 Å². The van der Waals surface area contributed by atoms with Gasteiger partial charge in [-0.25, -0.2) is 17.7 Å². The van der Waals surface area contributed by atoms with Crippen molar-refractivity contribution in [1.29, 1.82) is 0 Å². The zero-order chi connectivity index (χ0) is 25.4. The van der Waals surface area contributed by atoms with Crippen LogP contribution in [0.4, 0.5) is 0 Å². The number of aromatic nitrogens is 3. The van der Waals surface area contributed by atoms with Gasteiger partial charge in [0.15, 0.2) is 5.65 Å². The molecule has 12 heteroatoms. The van der Waals surface area contributed by atoms with Crippen LogP contribution in [0, 0.1) is 0 Å². The average molecular weight is 537 g/mol. The Morgan fingerprint density at radius 2 is 1.94 bits per heavy atom. The summed E-state index contributed by atoms with van der Waals surface area (Å²) in [5.41, 5.74) is 3.69. The van der Waals surface area contributed by atoms with Gasteiger partial charge in [-0.1, -0.05) is 35.9 Å². The molecule has 4 heterocycles. The predicted molar refractivity (Wildman–Crippen MR) is 135 cm³/mol. The van der Waals surface area contributed by atoms with Crippen LogP contribution in [-0.2, 0) is 14.8 Å². The highest BCUT2D eigenvalue weighted by Crippen LogP contribution is 2.33. The van der Waals surface area contributed by atoms with E-state index in [0.29, 0.717) is 47.3 Å². The fourth-order valence-electron chi connectivity index (χ4n) is 4.83. The number of aromatic amines is 1. The third kappa shape index (κ3) is 5.36. The van der Waals surface area contributed by atoms with E-state index in [4.69, 9.17) is 21.1 Å². The van der Waals surface area contributed by atoms with E-state index in [2.05, 4.69) is 15.0 Å². The van der Waals surface area contributed by atoms with Crippen molar-refractivity contribution in [3.63, 3.8) is 0 Å². The summed E-state index contributed by atoms with van der Waals surface area (Å²) in [5.74, 6) is 0.309. The zero-order valence-corrected chi connectivity index (χ0v) is 21.4. The number of imidazole rings is 1. The highest BCUT2D eigenvalue weighted by Gasteiger charge is 2.31. The van der Waals surface area contributed by atoms with Gasteiger partial charge in [-0.15, -0.1) is 0 Å². The van der Waals surface area contributed by atoms with Gasteiger partial charge in [-0.3, -0.25) is 0 Å². The average Bonchev–Trinajstić information content (AvgIpc) is 3.24. The van der Waals surface area contributed by atoms with Crippen LogP contribution in [0.25, 0.3) is 22.4 Å². The Morgan fingerprint density at radius 1 is 1.22 bits per heavy atom. The fourth-order valence-corrected chi connectivity index (χ4v) is 5.97. The van der Waals surface area contributed by atoms with Crippen molar-refractivity contribution in [3.05, 3.63) is 40.9 Å². The normalized spacial score (nSPS) is 24.3. The van der Waals surface area contributed by atoms with Crippen LogP contribution in [0.1, 0.15) is 30.7 Å². The number of piperidine rings is 1. The molecule has 36 heavy (non-hydrogen) atoms. The van der Waals surface area contributed by atoms with E-state index in [-0.39, 0.29) is 19.2 Å². The molecule has 0 spiro atoms. The number of rotatable bonds is 6. The lowest BCUT2D eigenvalue weighted by molar-refractivity contribution is -0.131. The van der Waals surface area contributed by atoms with E-state index < -0.39 is 28.3 Å². The van der Waals surface area contributed by atoms with Gasteiger partial charge in [-0.2, -0.15) is 4.98 Å². The lowest BCUT2D eigenvalue weighted by Crippen LogP contribution is -2.45. The van der Waals surface area contributed by atoms with Crippen molar-refractivity contribution in [1.82, 2.24) is 19.3 Å². The number of aliphatic hydroxyl groups excluding tert-OH is 2. The highest BCUT2D eigenvalue weighted by molar-refractivity contribution is 7.88. The molecule has 0 amide bonds. The minimum absolute atomic E-state index is 0.235. The van der Waals surface area contributed by atoms with Crippen LogP contribution >= 0.6 is 11.6 Å². The number of H-pyrrole nitrogens is 1. The molecule has 0 saturated carbocycles. The smallest absolute Gasteiger partial charge is 0.296 e. The van der Waals surface area contributed by atoms with Crippen LogP contribution in [0.5, 0.6) is 6.01 Å². The molecular weight excluding hydrogens is 508 g/mol. The first-order valence-electron chi connectivity index (χ1n) is 11.9. The van der Waals surface area contributed by atoms with Gasteiger partial charge in [0.25, 0.3) is 6.01 Å². The van der Waals surface area contributed by atoms with Crippen molar-refractivity contribution >= 4 is 32.8 Å². The van der Waals surface area contributed by atoms with Gasteiger partial charge in [0, 0.05) is 25.1 Å². The summed E-state index contributed by atoms with van der Waals surface area (Å²) < 4.78 is 36.3. The fraction of sp³-hybridized carbons (Fsp3) is 0.500. The minimum atomic E-state index is -3.14. The number of hydrogen-bond donors (Lipinski definition) is 3. The van der Waals surface area contributed by atoms with E-state index in [9.17, 15) is 18.6 Å². The molecule has 2 aromatic heterocycles. The van der Waals surface area contributed by atoms with Gasteiger partial charge in [0.2, 0.25) is 10.0 Å². The molecule has 2 aliphatic heterocycles. The first kappa shape index (κ1) is 25.4. The molecule has 3 atom stereocenters. The zero-order valence-electron chi connectivity index (χ0n) is 19.8. The Labute approximate surface area is 214 Å². The van der Waals surface area contributed by atoms with Crippen LogP contribution in [0.15, 0.2) is 30.3 Å². The maximum atomic E-state index is 11.8. The number of halogens is 1. The molecule has 3 N–H and O–H groups in total. The van der Waals surface area contributed by atoms with Gasteiger partial charge >= 0.3 is 0 Å². The maximum Gasteiger partial charge on any atom is 0.296 e. The summed E-state index contributed by atoms with van der Waals surface area (Å²) in [6, 6.07) is 10.0. The number of fused-ring (bicyclic) bond motifs is 1. The first-order valence-corrected chi connectivity index (χ1v) is 14.1. The summed E-state index contributed by atoms with van der Waals surface area (Å²) >= 11 is 6.55. The van der Waals surface area contributed by atoms with E-state index >= 15 is 0 Å². The SMILES string of the molecule is CS(=O)(=O)N1CCC(c2ccc(-c3nc4nc(O[C@H]5CO[C@H](CO)[C@@H](O)C5)[nH]c4cc3Cl)cc2)CC1. The lowest BCUT2D eigenvalue weighted by atomic mass is 9.89. The molecule has 0 aliphatic carbocycles. The Balaban J connectivity index is 1.29. The van der Waals surface area contributed by atoms with Crippen molar-refractivity contribution in [3.8, 4) is 17.3 Å². The van der Waals surface area contributed by atoms with Crippen molar-refractivity contribution < 1.29 is 28.1 Å². The Morgan fingerprint density at radius 3 is 2.58 bits per heavy atom. The van der Waals surface area contributed by atoms with E-state index in [1.807, 2.05) is 24.3 Å². The van der Waals surface area contributed by atoms with Crippen LogP contribution < -0.4 is 4.74 Å². The summed E-state index contributed by atoms with van der Waals surface area (Å²) in [5, 5.41) is 19.7. The number of nitrogens with zero attached hydrogens (tertiary/aromatic N) is 3. The van der Waals surface area contributed by atoms with Gasteiger partial charge in [-0.05, 0) is 30.4 Å². The Hall–Kier alpha value is -2.28. The van der Waals surface area contributed by atoms with E-state index in [1.165, 1.54) is 16.1 Å². The summed E-state index contributed by atoms with van der Waals surface area (Å²) in [4.78, 5) is 12.1. The van der Waals surface area contributed by atoms with Gasteiger partial charge < -0.3 is 24.7 Å². The Kier molecular flexibility index (Phi) is 7.21. The monoisotopic (exact) mass is 536 g/mol. The number of sulfonamides is 1. The van der Waals surface area contributed by atoms with Crippen molar-refractivity contribution in [2.75, 3.05) is 32.6 Å². The molecule has 5 rings (SSSR count). The molecule has 194 valence electrons. The molecule has 0 radical (unpaired) electrons. The Bertz CT molecular complexity index is 1320. The quantitative estimate of drug-likeness (QED) is 0.436. The highest BCUT2D eigenvalue weighted by atomic mass is 35.5. The molecule has 1 aromatic carbocycles.